The van der Waals surface area contributed by atoms with Crippen molar-refractivity contribution in [3.63, 3.8) is 0 Å². The number of primary amides is 1. The minimum Gasteiger partial charge on any atom is -0.368 e. The largest absolute Gasteiger partial charge is 0.368 e. The van der Waals surface area contributed by atoms with Gasteiger partial charge in [0.05, 0.1) is 0 Å². The van der Waals surface area contributed by atoms with Crippen LogP contribution in [0.1, 0.15) is 17.7 Å². The SMILES string of the molecule is CC(=O)SC(C(N)=O)c1ccc(-c2ccccc2Cl)cc1. The molecule has 0 bridgehead atoms. The number of amides is 1. The molecule has 1 amide bonds. The van der Waals surface area contributed by atoms with Crippen LogP contribution in [-0.4, -0.2) is 11.0 Å². The molecule has 2 aromatic carbocycles. The molecule has 0 fully saturated rings. The van der Waals surface area contributed by atoms with Gasteiger partial charge in [-0.05, 0) is 17.2 Å². The third-order valence-corrected chi connectivity index (χ3v) is 4.34. The highest BCUT2D eigenvalue weighted by molar-refractivity contribution is 8.14. The topological polar surface area (TPSA) is 60.2 Å². The fourth-order valence-electron chi connectivity index (χ4n) is 1.99. The molecule has 0 aliphatic rings. The van der Waals surface area contributed by atoms with Gasteiger partial charge >= 0.3 is 0 Å². The molecule has 108 valence electrons. The monoisotopic (exact) mass is 319 g/mol. The van der Waals surface area contributed by atoms with E-state index in [-0.39, 0.29) is 5.12 Å². The predicted octanol–water partition coefficient (Wildman–Crippen LogP) is 3.81. The molecule has 0 aromatic heterocycles. The molecule has 2 aromatic rings. The number of hydrogen-bond donors (Lipinski definition) is 1. The lowest BCUT2D eigenvalue weighted by Gasteiger charge is -2.12. The van der Waals surface area contributed by atoms with Gasteiger partial charge in [-0.3, -0.25) is 9.59 Å². The molecule has 1 unspecified atom stereocenters. The molecule has 3 nitrogen and oxygen atoms in total. The van der Waals surface area contributed by atoms with Crippen LogP contribution in [0.25, 0.3) is 11.1 Å². The molecule has 0 aliphatic carbocycles. The van der Waals surface area contributed by atoms with E-state index >= 15 is 0 Å². The standard InChI is InChI=1S/C16H14ClNO2S/c1-10(19)21-15(16(18)20)12-8-6-11(7-9-12)13-4-2-3-5-14(13)17/h2-9,15H,1H3,(H2,18,20). The zero-order valence-corrected chi connectivity index (χ0v) is 12.9. The molecule has 0 aliphatic heterocycles. The van der Waals surface area contributed by atoms with E-state index in [1.807, 2.05) is 36.4 Å². The molecule has 0 saturated heterocycles. The number of rotatable bonds is 4. The zero-order valence-electron chi connectivity index (χ0n) is 11.4. The smallest absolute Gasteiger partial charge is 0.235 e. The average molecular weight is 320 g/mol. The summed E-state index contributed by atoms with van der Waals surface area (Å²) in [5.74, 6) is -0.527. The lowest BCUT2D eigenvalue weighted by Crippen LogP contribution is -2.19. The van der Waals surface area contributed by atoms with Gasteiger partial charge in [0, 0.05) is 17.5 Å². The third kappa shape index (κ3) is 3.86. The third-order valence-electron chi connectivity index (χ3n) is 2.94. The quantitative estimate of drug-likeness (QED) is 0.932. The molecule has 1 atom stereocenters. The first-order valence-electron chi connectivity index (χ1n) is 6.30. The Balaban J connectivity index is 2.32. The van der Waals surface area contributed by atoms with Gasteiger partial charge in [-0.25, -0.2) is 0 Å². The molecule has 21 heavy (non-hydrogen) atoms. The number of thioether (sulfide) groups is 1. The van der Waals surface area contributed by atoms with Crippen molar-refractivity contribution < 1.29 is 9.59 Å². The van der Waals surface area contributed by atoms with Crippen molar-refractivity contribution in [1.82, 2.24) is 0 Å². The van der Waals surface area contributed by atoms with Gasteiger partial charge in [0.1, 0.15) is 5.25 Å². The Morgan fingerprint density at radius 3 is 2.24 bits per heavy atom. The molecule has 0 heterocycles. The molecule has 2 rings (SSSR count). The van der Waals surface area contributed by atoms with Crippen molar-refractivity contribution in [2.24, 2.45) is 5.73 Å². The summed E-state index contributed by atoms with van der Waals surface area (Å²) in [6, 6.07) is 14.9. The molecular weight excluding hydrogens is 306 g/mol. The van der Waals surface area contributed by atoms with E-state index in [9.17, 15) is 9.59 Å². The van der Waals surface area contributed by atoms with Crippen molar-refractivity contribution in [3.05, 3.63) is 59.1 Å². The molecule has 0 saturated carbocycles. The number of nitrogens with two attached hydrogens (primary N) is 1. The van der Waals surface area contributed by atoms with Crippen molar-refractivity contribution in [2.45, 2.75) is 12.2 Å². The first kappa shape index (κ1) is 15.6. The van der Waals surface area contributed by atoms with Gasteiger partial charge in [-0.1, -0.05) is 65.8 Å². The van der Waals surface area contributed by atoms with E-state index in [1.54, 1.807) is 12.1 Å². The fourth-order valence-corrected chi connectivity index (χ4v) is 2.98. The molecule has 5 heteroatoms. The van der Waals surface area contributed by atoms with Gasteiger partial charge in [0.25, 0.3) is 0 Å². The van der Waals surface area contributed by atoms with E-state index < -0.39 is 11.2 Å². The number of benzene rings is 2. The van der Waals surface area contributed by atoms with Gasteiger partial charge in [0.15, 0.2) is 5.12 Å². The van der Waals surface area contributed by atoms with Crippen LogP contribution in [0, 0.1) is 0 Å². The van der Waals surface area contributed by atoms with Crippen LogP contribution in [-0.2, 0) is 9.59 Å². The van der Waals surface area contributed by atoms with E-state index in [2.05, 4.69) is 0 Å². The van der Waals surface area contributed by atoms with Crippen LogP contribution in [0.3, 0.4) is 0 Å². The Morgan fingerprint density at radius 2 is 1.71 bits per heavy atom. The Kier molecular flexibility index (Phi) is 5.04. The first-order chi connectivity index (χ1) is 9.99. The number of carbonyl (C=O) groups is 2. The summed E-state index contributed by atoms with van der Waals surface area (Å²) in [5.41, 5.74) is 7.93. The Hall–Kier alpha value is -1.78. The number of hydrogen-bond acceptors (Lipinski definition) is 3. The van der Waals surface area contributed by atoms with Crippen molar-refractivity contribution >= 4 is 34.4 Å². The maximum Gasteiger partial charge on any atom is 0.235 e. The second-order valence-corrected chi connectivity index (χ2v) is 6.18. The van der Waals surface area contributed by atoms with Crippen LogP contribution >= 0.6 is 23.4 Å². The zero-order chi connectivity index (χ0) is 15.4. The van der Waals surface area contributed by atoms with E-state index in [1.165, 1.54) is 6.92 Å². The molecule has 0 radical (unpaired) electrons. The lowest BCUT2D eigenvalue weighted by molar-refractivity contribution is -0.118. The summed E-state index contributed by atoms with van der Waals surface area (Å²) in [5, 5.41) is -0.147. The van der Waals surface area contributed by atoms with E-state index in [0.717, 1.165) is 22.9 Å². The summed E-state index contributed by atoms with van der Waals surface area (Å²) in [7, 11) is 0. The minimum atomic E-state index is -0.664. The van der Waals surface area contributed by atoms with Gasteiger partial charge in [0.2, 0.25) is 5.91 Å². The second kappa shape index (κ2) is 6.78. The Bertz CT molecular complexity index is 670. The van der Waals surface area contributed by atoms with Gasteiger partial charge < -0.3 is 5.73 Å². The lowest BCUT2D eigenvalue weighted by atomic mass is 10.0. The summed E-state index contributed by atoms with van der Waals surface area (Å²) < 4.78 is 0. The van der Waals surface area contributed by atoms with Gasteiger partial charge in [-0.2, -0.15) is 0 Å². The maximum absolute atomic E-state index is 11.5. The van der Waals surface area contributed by atoms with Crippen LogP contribution in [0.5, 0.6) is 0 Å². The fraction of sp³-hybridized carbons (Fsp3) is 0.125. The normalized spacial score (nSPS) is 11.9. The van der Waals surface area contributed by atoms with Crippen LogP contribution in [0.4, 0.5) is 0 Å². The summed E-state index contributed by atoms with van der Waals surface area (Å²) in [4.78, 5) is 22.7. The molecule has 0 spiro atoms. The van der Waals surface area contributed by atoms with Crippen molar-refractivity contribution in [1.29, 1.82) is 0 Å². The summed E-state index contributed by atoms with van der Waals surface area (Å²) >= 11 is 7.08. The number of carbonyl (C=O) groups excluding carboxylic acids is 2. The Morgan fingerprint density at radius 1 is 1.10 bits per heavy atom. The highest BCUT2D eigenvalue weighted by Crippen LogP contribution is 2.32. The highest BCUT2D eigenvalue weighted by atomic mass is 35.5. The highest BCUT2D eigenvalue weighted by Gasteiger charge is 2.20. The van der Waals surface area contributed by atoms with Crippen molar-refractivity contribution in [2.75, 3.05) is 0 Å². The first-order valence-corrected chi connectivity index (χ1v) is 7.56. The summed E-state index contributed by atoms with van der Waals surface area (Å²) in [6.45, 7) is 1.42. The van der Waals surface area contributed by atoms with Crippen LogP contribution < -0.4 is 5.73 Å². The Labute approximate surface area is 132 Å². The predicted molar refractivity (Wildman–Crippen MR) is 87.1 cm³/mol. The van der Waals surface area contributed by atoms with Crippen molar-refractivity contribution in [3.8, 4) is 11.1 Å². The minimum absolute atomic E-state index is 0.144. The molecule has 2 N–H and O–H groups in total. The van der Waals surface area contributed by atoms with Gasteiger partial charge in [-0.15, -0.1) is 0 Å². The van der Waals surface area contributed by atoms with E-state index in [0.29, 0.717) is 10.6 Å². The summed E-state index contributed by atoms with van der Waals surface area (Å²) in [6.07, 6.45) is 0. The second-order valence-electron chi connectivity index (χ2n) is 4.49. The number of halogens is 1. The maximum atomic E-state index is 11.5. The van der Waals surface area contributed by atoms with Crippen LogP contribution in [0.15, 0.2) is 48.5 Å². The van der Waals surface area contributed by atoms with E-state index in [4.69, 9.17) is 17.3 Å². The molecular formula is C16H14ClNO2S. The van der Waals surface area contributed by atoms with Crippen LogP contribution in [0.2, 0.25) is 5.02 Å². The average Bonchev–Trinajstić information content (AvgIpc) is 2.45.